The number of hydrogen-bond acceptors (Lipinski definition) is 9. The second-order valence-electron chi connectivity index (χ2n) is 8.12. The van der Waals surface area contributed by atoms with Crippen LogP contribution in [0.15, 0.2) is 61.2 Å². The van der Waals surface area contributed by atoms with Crippen LogP contribution in [0.5, 0.6) is 11.5 Å². The van der Waals surface area contributed by atoms with Gasteiger partial charge < -0.3 is 20.1 Å². The molecule has 5 rings (SSSR count). The second-order valence-corrected chi connectivity index (χ2v) is 8.12. The monoisotopic (exact) mass is 492 g/mol. The molecule has 3 heterocycles. The van der Waals surface area contributed by atoms with Crippen LogP contribution in [0.3, 0.4) is 0 Å². The number of nitrogen functional groups attached to an aromatic ring is 1. The van der Waals surface area contributed by atoms with E-state index >= 15 is 0 Å². The lowest BCUT2D eigenvalue weighted by atomic mass is 10.1. The zero-order valence-electron chi connectivity index (χ0n) is 20.6. The molecule has 3 aromatic heterocycles. The molecule has 0 aliphatic carbocycles. The Balaban J connectivity index is 1.58. The quantitative estimate of drug-likeness (QED) is 0.339. The van der Waals surface area contributed by atoms with Gasteiger partial charge in [-0.25, -0.2) is 15.0 Å². The van der Waals surface area contributed by atoms with Crippen molar-refractivity contribution < 1.29 is 9.47 Å². The summed E-state index contributed by atoms with van der Waals surface area (Å²) < 4.78 is 11.0. The summed E-state index contributed by atoms with van der Waals surface area (Å²) in [6, 6.07) is 11.6. The van der Waals surface area contributed by atoms with Gasteiger partial charge in [-0.15, -0.1) is 0 Å². The summed E-state index contributed by atoms with van der Waals surface area (Å²) in [6.45, 7) is 2.30. The number of aromatic nitrogens is 6. The van der Waals surface area contributed by atoms with Crippen LogP contribution in [0.2, 0.25) is 0 Å². The van der Waals surface area contributed by atoms with Gasteiger partial charge in [-0.3, -0.25) is 10.1 Å². The fourth-order valence-electron chi connectivity index (χ4n) is 3.80. The zero-order valence-corrected chi connectivity index (χ0v) is 20.6. The molecule has 0 atom stereocenters. The maximum Gasteiger partial charge on any atom is 0.141 e. The van der Waals surface area contributed by atoms with E-state index in [1.807, 2.05) is 48.2 Å². The molecular formula is C27H24N8O2. The molecule has 0 spiro atoms. The molecule has 3 N–H and O–H groups in total. The molecule has 2 aromatic carbocycles. The summed E-state index contributed by atoms with van der Waals surface area (Å²) in [4.78, 5) is 19.8. The molecule has 0 radical (unpaired) electrons. The van der Waals surface area contributed by atoms with Gasteiger partial charge in [0.05, 0.1) is 62.3 Å². The molecule has 0 aliphatic rings. The molecule has 0 bridgehead atoms. The highest BCUT2D eigenvalue weighted by Gasteiger charge is 2.14. The summed E-state index contributed by atoms with van der Waals surface area (Å²) in [5.74, 6) is 7.90. The Labute approximate surface area is 213 Å². The SMILES string of the molecule is COc1cc(OC)cc(N(CC#Cc2cnc(N)cn2)c2ccc3ncc(-c4cn[nH]c4C)nc3c2)c1. The molecule has 0 fully saturated rings. The Morgan fingerprint density at radius 2 is 1.70 bits per heavy atom. The van der Waals surface area contributed by atoms with Gasteiger partial charge in [0, 0.05) is 40.8 Å². The molecule has 10 nitrogen and oxygen atoms in total. The van der Waals surface area contributed by atoms with Gasteiger partial charge >= 0.3 is 0 Å². The van der Waals surface area contributed by atoms with Crippen molar-refractivity contribution in [3.05, 3.63) is 72.6 Å². The number of H-pyrrole nitrogens is 1. The molecule has 0 saturated carbocycles. The highest BCUT2D eigenvalue weighted by Crippen LogP contribution is 2.34. The summed E-state index contributed by atoms with van der Waals surface area (Å²) in [6.07, 6.45) is 6.53. The molecule has 0 saturated heterocycles. The molecule has 0 unspecified atom stereocenters. The third-order valence-electron chi connectivity index (χ3n) is 5.72. The Morgan fingerprint density at radius 1 is 0.892 bits per heavy atom. The van der Waals surface area contributed by atoms with Gasteiger partial charge in [0.1, 0.15) is 23.0 Å². The second kappa shape index (κ2) is 10.2. The predicted molar refractivity (Wildman–Crippen MR) is 142 cm³/mol. The Kier molecular flexibility index (Phi) is 6.50. The van der Waals surface area contributed by atoms with E-state index in [0.717, 1.165) is 39.4 Å². The van der Waals surface area contributed by atoms with Gasteiger partial charge in [-0.05, 0) is 31.0 Å². The van der Waals surface area contributed by atoms with Crippen molar-refractivity contribution in [3.8, 4) is 34.6 Å². The van der Waals surface area contributed by atoms with Gasteiger partial charge in [0.15, 0.2) is 0 Å². The van der Waals surface area contributed by atoms with Crippen molar-refractivity contribution in [1.29, 1.82) is 0 Å². The van der Waals surface area contributed by atoms with Gasteiger partial charge in [-0.1, -0.05) is 5.92 Å². The summed E-state index contributed by atoms with van der Waals surface area (Å²) in [7, 11) is 3.24. The predicted octanol–water partition coefficient (Wildman–Crippen LogP) is 3.91. The van der Waals surface area contributed by atoms with Crippen molar-refractivity contribution in [3.63, 3.8) is 0 Å². The first-order chi connectivity index (χ1) is 18.0. The lowest BCUT2D eigenvalue weighted by molar-refractivity contribution is 0.394. The number of nitrogens with one attached hydrogen (secondary N) is 1. The number of ether oxygens (including phenoxy) is 2. The summed E-state index contributed by atoms with van der Waals surface area (Å²) in [5.41, 5.74) is 12.0. The first-order valence-electron chi connectivity index (χ1n) is 11.4. The maximum atomic E-state index is 5.64. The summed E-state index contributed by atoms with van der Waals surface area (Å²) >= 11 is 0. The van der Waals surface area contributed by atoms with Crippen LogP contribution < -0.4 is 20.1 Å². The maximum absolute atomic E-state index is 5.64. The van der Waals surface area contributed by atoms with Crippen LogP contribution in [0.4, 0.5) is 17.2 Å². The average molecular weight is 493 g/mol. The van der Waals surface area contributed by atoms with Gasteiger partial charge in [0.2, 0.25) is 0 Å². The Morgan fingerprint density at radius 3 is 2.38 bits per heavy atom. The molecule has 184 valence electrons. The minimum atomic E-state index is 0.345. The first kappa shape index (κ1) is 23.6. The van der Waals surface area contributed by atoms with Crippen molar-refractivity contribution >= 4 is 28.2 Å². The van der Waals surface area contributed by atoms with Crippen LogP contribution in [-0.2, 0) is 0 Å². The third-order valence-corrected chi connectivity index (χ3v) is 5.72. The van der Waals surface area contributed by atoms with E-state index in [-0.39, 0.29) is 0 Å². The number of anilines is 3. The minimum absolute atomic E-state index is 0.345. The number of nitrogens with zero attached hydrogens (tertiary/aromatic N) is 6. The van der Waals surface area contributed by atoms with E-state index in [1.165, 1.54) is 6.20 Å². The molecule has 0 amide bonds. The van der Waals surface area contributed by atoms with E-state index in [0.29, 0.717) is 29.6 Å². The molecule has 10 heteroatoms. The standard InChI is InChI=1S/C27H24N8O2/c1-17-23(14-32-34-17)26-15-30-24-7-6-19(11-25(24)33-26)35(8-4-5-18-13-31-27(28)16-29-18)20-9-21(36-2)12-22(10-20)37-3/h6-7,9-16H,8H2,1-3H3,(H2,28,31)(H,32,34). The normalized spacial score (nSPS) is 10.6. The van der Waals surface area contributed by atoms with E-state index in [1.54, 1.807) is 32.8 Å². The number of benzene rings is 2. The molecular weight excluding hydrogens is 468 g/mol. The fourth-order valence-corrected chi connectivity index (χ4v) is 3.80. The molecule has 5 aromatic rings. The van der Waals surface area contributed by atoms with E-state index < -0.39 is 0 Å². The van der Waals surface area contributed by atoms with Gasteiger partial charge in [-0.2, -0.15) is 5.10 Å². The van der Waals surface area contributed by atoms with Gasteiger partial charge in [0.25, 0.3) is 0 Å². The number of aromatic amines is 1. The molecule has 0 aliphatic heterocycles. The third kappa shape index (κ3) is 5.11. The van der Waals surface area contributed by atoms with Crippen LogP contribution in [0, 0.1) is 18.8 Å². The van der Waals surface area contributed by atoms with E-state index in [2.05, 4.69) is 37.0 Å². The average Bonchev–Trinajstić information content (AvgIpc) is 3.37. The highest BCUT2D eigenvalue weighted by molar-refractivity contribution is 5.83. The van der Waals surface area contributed by atoms with Crippen LogP contribution in [0.25, 0.3) is 22.3 Å². The number of nitrogens with two attached hydrogens (primary N) is 1. The van der Waals surface area contributed by atoms with E-state index in [4.69, 9.17) is 20.2 Å². The van der Waals surface area contributed by atoms with Crippen molar-refractivity contribution in [2.75, 3.05) is 31.4 Å². The van der Waals surface area contributed by atoms with Crippen LogP contribution >= 0.6 is 0 Å². The fraction of sp³-hybridized carbons (Fsp3) is 0.148. The Hall–Kier alpha value is -5.17. The van der Waals surface area contributed by atoms with Crippen molar-refractivity contribution in [2.24, 2.45) is 0 Å². The van der Waals surface area contributed by atoms with Crippen LogP contribution in [-0.4, -0.2) is 50.9 Å². The van der Waals surface area contributed by atoms with Crippen molar-refractivity contribution in [2.45, 2.75) is 6.92 Å². The number of aryl methyl sites for hydroxylation is 1. The highest BCUT2D eigenvalue weighted by atomic mass is 16.5. The first-order valence-corrected chi connectivity index (χ1v) is 11.4. The topological polar surface area (TPSA) is 128 Å². The number of fused-ring (bicyclic) bond motifs is 1. The largest absolute Gasteiger partial charge is 0.497 e. The number of rotatable bonds is 6. The number of methoxy groups -OCH3 is 2. The number of hydrogen-bond donors (Lipinski definition) is 2. The zero-order chi connectivity index (χ0) is 25.8. The Bertz CT molecular complexity index is 1600. The minimum Gasteiger partial charge on any atom is -0.497 e. The van der Waals surface area contributed by atoms with E-state index in [9.17, 15) is 0 Å². The lowest BCUT2D eigenvalue weighted by Crippen LogP contribution is -2.17. The summed E-state index contributed by atoms with van der Waals surface area (Å²) in [5, 5.41) is 7.05. The lowest BCUT2D eigenvalue weighted by Gasteiger charge is -2.24. The smallest absolute Gasteiger partial charge is 0.141 e. The van der Waals surface area contributed by atoms with Crippen molar-refractivity contribution in [1.82, 2.24) is 30.1 Å². The molecule has 37 heavy (non-hydrogen) atoms. The van der Waals surface area contributed by atoms with Crippen LogP contribution in [0.1, 0.15) is 11.4 Å².